The highest BCUT2D eigenvalue weighted by Gasteiger charge is 2.17. The highest BCUT2D eigenvalue weighted by molar-refractivity contribution is 9.10. The molecule has 0 aliphatic rings. The van der Waals surface area contributed by atoms with Crippen LogP contribution in [0.2, 0.25) is 0 Å². The zero-order valence-electron chi connectivity index (χ0n) is 9.32. The molecule has 1 aromatic carbocycles. The first-order valence-electron chi connectivity index (χ1n) is 5.07. The predicted octanol–water partition coefficient (Wildman–Crippen LogP) is 4.93. The number of nitrogens with one attached hydrogen (secondary N) is 1. The van der Waals surface area contributed by atoms with E-state index in [1.807, 2.05) is 11.4 Å². The molecule has 0 aliphatic heterocycles. The Hall–Kier alpha value is -0.990. The normalized spacial score (nSPS) is 10.5. The minimum Gasteiger partial charge on any atom is -0.375 e. The lowest BCUT2D eigenvalue weighted by Gasteiger charge is -2.07. The first kappa shape index (κ1) is 14.4. The lowest BCUT2D eigenvalue weighted by molar-refractivity contribution is -0.384. The SMILES string of the molecule is O=[N+]([O-])c1cc(Br)c(F)cc1NCc1cc(Br)cs1. The van der Waals surface area contributed by atoms with Crippen LogP contribution in [0.1, 0.15) is 4.88 Å². The van der Waals surface area contributed by atoms with Crippen LogP contribution in [0.5, 0.6) is 0 Å². The number of nitro benzene ring substituents is 1. The first-order chi connectivity index (χ1) is 8.97. The Balaban J connectivity index is 2.23. The van der Waals surface area contributed by atoms with Gasteiger partial charge in [0.25, 0.3) is 5.69 Å². The number of benzene rings is 1. The summed E-state index contributed by atoms with van der Waals surface area (Å²) in [6.07, 6.45) is 0. The molecule has 0 amide bonds. The molecule has 19 heavy (non-hydrogen) atoms. The van der Waals surface area contributed by atoms with E-state index in [1.54, 1.807) is 0 Å². The van der Waals surface area contributed by atoms with E-state index in [9.17, 15) is 14.5 Å². The van der Waals surface area contributed by atoms with Gasteiger partial charge in [0, 0.05) is 33.4 Å². The summed E-state index contributed by atoms with van der Waals surface area (Å²) in [5.74, 6) is -0.541. The average Bonchev–Trinajstić information content (AvgIpc) is 2.76. The molecule has 100 valence electrons. The zero-order valence-corrected chi connectivity index (χ0v) is 13.3. The van der Waals surface area contributed by atoms with Crippen molar-refractivity contribution in [3.63, 3.8) is 0 Å². The van der Waals surface area contributed by atoms with Crippen LogP contribution in [-0.4, -0.2) is 4.92 Å². The lowest BCUT2D eigenvalue weighted by atomic mass is 10.2. The first-order valence-corrected chi connectivity index (χ1v) is 7.54. The van der Waals surface area contributed by atoms with Gasteiger partial charge in [-0.2, -0.15) is 0 Å². The van der Waals surface area contributed by atoms with Crippen molar-refractivity contribution in [1.82, 2.24) is 0 Å². The maximum atomic E-state index is 13.4. The van der Waals surface area contributed by atoms with Crippen molar-refractivity contribution < 1.29 is 9.31 Å². The number of halogens is 3. The Labute approximate surface area is 129 Å². The second-order valence-electron chi connectivity index (χ2n) is 3.63. The lowest BCUT2D eigenvalue weighted by Crippen LogP contribution is -2.02. The molecular formula is C11H7Br2FN2O2S. The summed E-state index contributed by atoms with van der Waals surface area (Å²) >= 11 is 7.77. The van der Waals surface area contributed by atoms with Crippen molar-refractivity contribution in [2.45, 2.75) is 6.54 Å². The number of hydrogen-bond acceptors (Lipinski definition) is 4. The van der Waals surface area contributed by atoms with Crippen LogP contribution >= 0.6 is 43.2 Å². The molecule has 0 saturated carbocycles. The second kappa shape index (κ2) is 5.98. The molecule has 0 radical (unpaired) electrons. The summed E-state index contributed by atoms with van der Waals surface area (Å²) in [5, 5.41) is 15.7. The van der Waals surface area contributed by atoms with E-state index in [-0.39, 0.29) is 15.8 Å². The Bertz CT molecular complexity index is 633. The summed E-state index contributed by atoms with van der Waals surface area (Å²) in [4.78, 5) is 11.4. The average molecular weight is 410 g/mol. The van der Waals surface area contributed by atoms with Crippen LogP contribution in [0.15, 0.2) is 32.5 Å². The van der Waals surface area contributed by atoms with Crippen LogP contribution in [-0.2, 0) is 6.54 Å². The van der Waals surface area contributed by atoms with Gasteiger partial charge >= 0.3 is 0 Å². The van der Waals surface area contributed by atoms with Gasteiger partial charge in [-0.3, -0.25) is 10.1 Å². The van der Waals surface area contributed by atoms with Crippen molar-refractivity contribution in [1.29, 1.82) is 0 Å². The summed E-state index contributed by atoms with van der Waals surface area (Å²) in [6.45, 7) is 0.401. The second-order valence-corrected chi connectivity index (χ2v) is 6.39. The fraction of sp³-hybridized carbons (Fsp3) is 0.0909. The highest BCUT2D eigenvalue weighted by Crippen LogP contribution is 2.31. The van der Waals surface area contributed by atoms with Gasteiger partial charge in [-0.15, -0.1) is 11.3 Å². The third-order valence-corrected chi connectivity index (χ3v) is 4.62. The molecule has 0 bridgehead atoms. The van der Waals surface area contributed by atoms with E-state index in [4.69, 9.17) is 0 Å². The summed E-state index contributed by atoms with van der Waals surface area (Å²) < 4.78 is 14.5. The fourth-order valence-electron chi connectivity index (χ4n) is 1.46. The quantitative estimate of drug-likeness (QED) is 0.575. The molecule has 0 atom stereocenters. The largest absolute Gasteiger partial charge is 0.375 e. The molecule has 0 aliphatic carbocycles. The van der Waals surface area contributed by atoms with E-state index in [2.05, 4.69) is 37.2 Å². The Morgan fingerprint density at radius 3 is 2.68 bits per heavy atom. The van der Waals surface area contributed by atoms with Crippen molar-refractivity contribution in [3.05, 3.63) is 53.3 Å². The maximum Gasteiger partial charge on any atom is 0.293 e. The number of hydrogen-bond donors (Lipinski definition) is 1. The molecule has 4 nitrogen and oxygen atoms in total. The van der Waals surface area contributed by atoms with Gasteiger partial charge in [0.1, 0.15) is 11.5 Å². The summed E-state index contributed by atoms with van der Waals surface area (Å²) in [5.41, 5.74) is -0.000815. The topological polar surface area (TPSA) is 55.2 Å². The van der Waals surface area contributed by atoms with Gasteiger partial charge in [-0.05, 0) is 37.9 Å². The number of anilines is 1. The molecule has 1 N–H and O–H groups in total. The van der Waals surface area contributed by atoms with Gasteiger partial charge in [0.2, 0.25) is 0 Å². The van der Waals surface area contributed by atoms with Gasteiger partial charge in [0.15, 0.2) is 0 Å². The molecule has 0 unspecified atom stereocenters. The van der Waals surface area contributed by atoms with Gasteiger partial charge in [-0.1, -0.05) is 0 Å². The summed E-state index contributed by atoms with van der Waals surface area (Å²) in [6, 6.07) is 4.17. The number of rotatable bonds is 4. The highest BCUT2D eigenvalue weighted by atomic mass is 79.9. The van der Waals surface area contributed by atoms with E-state index < -0.39 is 10.7 Å². The number of nitro groups is 1. The zero-order chi connectivity index (χ0) is 14.0. The Kier molecular flexibility index (Phi) is 4.54. The van der Waals surface area contributed by atoms with Gasteiger partial charge in [-0.25, -0.2) is 4.39 Å². The molecule has 0 spiro atoms. The Morgan fingerprint density at radius 2 is 2.11 bits per heavy atom. The monoisotopic (exact) mass is 408 g/mol. The van der Waals surface area contributed by atoms with Crippen LogP contribution in [0.4, 0.5) is 15.8 Å². The van der Waals surface area contributed by atoms with E-state index in [1.165, 1.54) is 11.3 Å². The molecule has 0 saturated heterocycles. The molecular weight excluding hydrogens is 403 g/mol. The van der Waals surface area contributed by atoms with Gasteiger partial charge in [0.05, 0.1) is 9.40 Å². The number of thiophene rings is 1. The standard InChI is InChI=1S/C11H7Br2FN2O2S/c12-6-1-7(19-5-6)4-15-10-3-9(14)8(13)2-11(10)16(17)18/h1-3,5,15H,4H2. The van der Waals surface area contributed by atoms with Crippen LogP contribution < -0.4 is 5.32 Å². The van der Waals surface area contributed by atoms with E-state index in [0.717, 1.165) is 21.5 Å². The van der Waals surface area contributed by atoms with Crippen molar-refractivity contribution >= 4 is 54.6 Å². The molecule has 1 heterocycles. The molecule has 8 heteroatoms. The smallest absolute Gasteiger partial charge is 0.293 e. The minimum atomic E-state index is -0.545. The van der Waals surface area contributed by atoms with Crippen LogP contribution in [0.25, 0.3) is 0 Å². The van der Waals surface area contributed by atoms with Crippen LogP contribution in [0, 0.1) is 15.9 Å². The number of nitrogens with zero attached hydrogens (tertiary/aromatic N) is 1. The van der Waals surface area contributed by atoms with Crippen LogP contribution in [0.3, 0.4) is 0 Å². The predicted molar refractivity (Wildman–Crippen MR) is 80.1 cm³/mol. The fourth-order valence-corrected chi connectivity index (χ4v) is 3.18. The Morgan fingerprint density at radius 1 is 1.37 bits per heavy atom. The third kappa shape index (κ3) is 3.52. The van der Waals surface area contributed by atoms with Gasteiger partial charge < -0.3 is 5.32 Å². The molecule has 2 rings (SSSR count). The maximum absolute atomic E-state index is 13.4. The van der Waals surface area contributed by atoms with Crippen molar-refractivity contribution in [3.8, 4) is 0 Å². The van der Waals surface area contributed by atoms with Crippen molar-refractivity contribution in [2.24, 2.45) is 0 Å². The van der Waals surface area contributed by atoms with E-state index in [0.29, 0.717) is 6.54 Å². The van der Waals surface area contributed by atoms with E-state index >= 15 is 0 Å². The molecule has 2 aromatic rings. The minimum absolute atomic E-state index is 0.0728. The third-order valence-electron chi connectivity index (χ3n) is 2.31. The molecule has 1 aromatic heterocycles. The summed E-state index contributed by atoms with van der Waals surface area (Å²) in [7, 11) is 0. The molecule has 0 fully saturated rings. The van der Waals surface area contributed by atoms with Crippen molar-refractivity contribution in [2.75, 3.05) is 5.32 Å².